The molecule has 0 aromatic rings. The zero-order valence-electron chi connectivity index (χ0n) is 9.56. The standard InChI is InChI=1S/C11H20O4/c1-4-15-9-5-8(6-9)11(14,7(2)3)10(12)13/h7-9,14H,4-6H2,1-3H3,(H,12,13). The quantitative estimate of drug-likeness (QED) is 0.726. The number of rotatable bonds is 5. The predicted molar refractivity (Wildman–Crippen MR) is 55.6 cm³/mol. The van der Waals surface area contributed by atoms with Crippen molar-refractivity contribution in [3.8, 4) is 0 Å². The van der Waals surface area contributed by atoms with E-state index in [0.717, 1.165) is 0 Å². The average molecular weight is 216 g/mol. The molecule has 0 heterocycles. The van der Waals surface area contributed by atoms with Gasteiger partial charge in [-0.1, -0.05) is 13.8 Å². The third-order valence-corrected chi connectivity index (χ3v) is 3.34. The largest absolute Gasteiger partial charge is 0.479 e. The van der Waals surface area contributed by atoms with Gasteiger partial charge in [0.2, 0.25) is 0 Å². The zero-order valence-corrected chi connectivity index (χ0v) is 9.56. The van der Waals surface area contributed by atoms with Crippen molar-refractivity contribution in [2.45, 2.75) is 45.3 Å². The summed E-state index contributed by atoms with van der Waals surface area (Å²) in [4.78, 5) is 11.1. The summed E-state index contributed by atoms with van der Waals surface area (Å²) >= 11 is 0. The third kappa shape index (κ3) is 2.16. The van der Waals surface area contributed by atoms with Gasteiger partial charge >= 0.3 is 5.97 Å². The number of aliphatic carboxylic acids is 1. The Morgan fingerprint density at radius 2 is 2.07 bits per heavy atom. The molecule has 0 amide bonds. The van der Waals surface area contributed by atoms with Gasteiger partial charge in [0.15, 0.2) is 5.60 Å². The highest BCUT2D eigenvalue weighted by molar-refractivity contribution is 5.78. The van der Waals surface area contributed by atoms with Crippen LogP contribution in [0.15, 0.2) is 0 Å². The lowest BCUT2D eigenvalue weighted by Crippen LogP contribution is -2.56. The second-order valence-corrected chi connectivity index (χ2v) is 4.53. The second-order valence-electron chi connectivity index (χ2n) is 4.53. The summed E-state index contributed by atoms with van der Waals surface area (Å²) in [5.41, 5.74) is -1.59. The summed E-state index contributed by atoms with van der Waals surface area (Å²) < 4.78 is 5.36. The van der Waals surface area contributed by atoms with Crippen molar-refractivity contribution in [2.75, 3.05) is 6.61 Å². The molecule has 1 rings (SSSR count). The van der Waals surface area contributed by atoms with Crippen molar-refractivity contribution in [1.82, 2.24) is 0 Å². The van der Waals surface area contributed by atoms with Crippen molar-refractivity contribution in [3.05, 3.63) is 0 Å². The molecule has 2 N–H and O–H groups in total. The summed E-state index contributed by atoms with van der Waals surface area (Å²) in [5.74, 6) is -1.56. The first-order valence-electron chi connectivity index (χ1n) is 5.50. The Hall–Kier alpha value is -0.610. The van der Waals surface area contributed by atoms with Gasteiger partial charge in [0.1, 0.15) is 0 Å². The highest BCUT2D eigenvalue weighted by atomic mass is 16.5. The molecule has 0 aromatic heterocycles. The average Bonchev–Trinajstić information content (AvgIpc) is 2.08. The topological polar surface area (TPSA) is 66.8 Å². The van der Waals surface area contributed by atoms with Crippen LogP contribution in [0.5, 0.6) is 0 Å². The van der Waals surface area contributed by atoms with Gasteiger partial charge in [-0.2, -0.15) is 0 Å². The molecule has 15 heavy (non-hydrogen) atoms. The molecule has 0 aliphatic heterocycles. The van der Waals surface area contributed by atoms with Crippen molar-refractivity contribution in [3.63, 3.8) is 0 Å². The third-order valence-electron chi connectivity index (χ3n) is 3.34. The highest BCUT2D eigenvalue weighted by Gasteiger charge is 2.52. The van der Waals surface area contributed by atoms with Gasteiger partial charge in [0.25, 0.3) is 0 Å². The van der Waals surface area contributed by atoms with Gasteiger partial charge in [-0.15, -0.1) is 0 Å². The molecule has 4 nitrogen and oxygen atoms in total. The van der Waals surface area contributed by atoms with E-state index in [-0.39, 0.29) is 17.9 Å². The SMILES string of the molecule is CCOC1CC(C(O)(C(=O)O)C(C)C)C1. The highest BCUT2D eigenvalue weighted by Crippen LogP contribution is 2.42. The Morgan fingerprint density at radius 1 is 1.53 bits per heavy atom. The van der Waals surface area contributed by atoms with Crippen LogP contribution in [0.25, 0.3) is 0 Å². The summed E-state index contributed by atoms with van der Waals surface area (Å²) in [5, 5.41) is 19.2. The van der Waals surface area contributed by atoms with Crippen LogP contribution in [0.1, 0.15) is 33.6 Å². The number of hydrogen-bond acceptors (Lipinski definition) is 3. The van der Waals surface area contributed by atoms with Crippen molar-refractivity contribution in [2.24, 2.45) is 11.8 Å². The normalized spacial score (nSPS) is 29.7. The van der Waals surface area contributed by atoms with Crippen LogP contribution >= 0.6 is 0 Å². The lowest BCUT2D eigenvalue weighted by molar-refractivity contribution is -0.186. The Kier molecular flexibility index (Phi) is 3.73. The molecule has 0 saturated heterocycles. The van der Waals surface area contributed by atoms with Crippen LogP contribution < -0.4 is 0 Å². The van der Waals surface area contributed by atoms with Gasteiger partial charge in [-0.3, -0.25) is 0 Å². The maximum Gasteiger partial charge on any atom is 0.336 e. The van der Waals surface area contributed by atoms with E-state index in [0.29, 0.717) is 19.4 Å². The maximum atomic E-state index is 11.1. The minimum atomic E-state index is -1.59. The summed E-state index contributed by atoms with van der Waals surface area (Å²) in [6, 6.07) is 0. The van der Waals surface area contributed by atoms with E-state index < -0.39 is 11.6 Å². The van der Waals surface area contributed by atoms with Crippen LogP contribution in [0, 0.1) is 11.8 Å². The number of carboxylic acid groups (broad SMARTS) is 1. The number of aliphatic hydroxyl groups is 1. The molecule has 1 atom stereocenters. The molecule has 1 saturated carbocycles. The molecule has 0 radical (unpaired) electrons. The molecule has 0 spiro atoms. The smallest absolute Gasteiger partial charge is 0.336 e. The molecular formula is C11H20O4. The van der Waals surface area contributed by atoms with Crippen LogP contribution in [0.2, 0.25) is 0 Å². The molecule has 1 aliphatic rings. The number of ether oxygens (including phenoxy) is 1. The number of hydrogen-bond donors (Lipinski definition) is 2. The predicted octanol–water partition coefficient (Wildman–Crippen LogP) is 1.27. The van der Waals surface area contributed by atoms with E-state index in [1.807, 2.05) is 6.92 Å². The van der Waals surface area contributed by atoms with Crippen LogP contribution in [-0.2, 0) is 9.53 Å². The van der Waals surface area contributed by atoms with Crippen LogP contribution in [-0.4, -0.2) is 34.5 Å². The minimum Gasteiger partial charge on any atom is -0.479 e. The Morgan fingerprint density at radius 3 is 2.40 bits per heavy atom. The van der Waals surface area contributed by atoms with Gasteiger partial charge < -0.3 is 14.9 Å². The van der Waals surface area contributed by atoms with E-state index in [4.69, 9.17) is 9.84 Å². The lowest BCUT2D eigenvalue weighted by atomic mass is 9.66. The van der Waals surface area contributed by atoms with E-state index in [1.54, 1.807) is 13.8 Å². The molecule has 1 unspecified atom stereocenters. The van der Waals surface area contributed by atoms with Gasteiger partial charge in [-0.05, 0) is 25.7 Å². The molecule has 4 heteroatoms. The zero-order chi connectivity index (χ0) is 11.6. The Bertz CT molecular complexity index is 233. The van der Waals surface area contributed by atoms with E-state index in [2.05, 4.69) is 0 Å². The monoisotopic (exact) mass is 216 g/mol. The maximum absolute atomic E-state index is 11.1. The first-order valence-corrected chi connectivity index (χ1v) is 5.50. The van der Waals surface area contributed by atoms with Crippen molar-refractivity contribution in [1.29, 1.82) is 0 Å². The van der Waals surface area contributed by atoms with E-state index in [1.165, 1.54) is 0 Å². The van der Waals surface area contributed by atoms with Crippen molar-refractivity contribution < 1.29 is 19.7 Å². The molecule has 1 aliphatic carbocycles. The molecule has 0 bridgehead atoms. The minimum absolute atomic E-state index is 0.129. The molecule has 0 aromatic carbocycles. The molecular weight excluding hydrogens is 196 g/mol. The van der Waals surface area contributed by atoms with E-state index >= 15 is 0 Å². The lowest BCUT2D eigenvalue weighted by Gasteiger charge is -2.45. The summed E-state index contributed by atoms with van der Waals surface area (Å²) in [6.45, 7) is 6.04. The van der Waals surface area contributed by atoms with Crippen molar-refractivity contribution >= 4 is 5.97 Å². The molecule has 88 valence electrons. The fourth-order valence-electron chi connectivity index (χ4n) is 2.19. The van der Waals surface area contributed by atoms with Gasteiger partial charge in [0.05, 0.1) is 6.10 Å². The first kappa shape index (κ1) is 12.5. The molecule has 1 fully saturated rings. The second kappa shape index (κ2) is 4.49. The van der Waals surface area contributed by atoms with Crippen LogP contribution in [0.4, 0.5) is 0 Å². The summed E-state index contributed by atoms with van der Waals surface area (Å²) in [6.07, 6.45) is 1.42. The van der Waals surface area contributed by atoms with Gasteiger partial charge in [0, 0.05) is 12.5 Å². The Balaban J connectivity index is 2.59. The van der Waals surface area contributed by atoms with Gasteiger partial charge in [-0.25, -0.2) is 4.79 Å². The Labute approximate surface area is 90.2 Å². The number of carboxylic acids is 1. The fraction of sp³-hybridized carbons (Fsp3) is 0.909. The number of carbonyl (C=O) groups is 1. The first-order chi connectivity index (χ1) is 6.92. The summed E-state index contributed by atoms with van der Waals surface area (Å²) in [7, 11) is 0. The van der Waals surface area contributed by atoms with E-state index in [9.17, 15) is 9.90 Å². The van der Waals surface area contributed by atoms with Crippen LogP contribution in [0.3, 0.4) is 0 Å². The fourth-order valence-corrected chi connectivity index (χ4v) is 2.19.